The summed E-state index contributed by atoms with van der Waals surface area (Å²) in [6.07, 6.45) is 2.03. The number of hydrogen-bond acceptors (Lipinski definition) is 3. The van der Waals surface area contributed by atoms with Gasteiger partial charge in [0.1, 0.15) is 11.5 Å². The number of halogens is 1. The van der Waals surface area contributed by atoms with Crippen molar-refractivity contribution < 1.29 is 14.3 Å². The average Bonchev–Trinajstić information content (AvgIpc) is 2.86. The Balaban J connectivity index is 0.000000327. The van der Waals surface area contributed by atoms with Gasteiger partial charge in [0, 0.05) is 28.2 Å². The van der Waals surface area contributed by atoms with E-state index in [9.17, 15) is 4.79 Å². The van der Waals surface area contributed by atoms with Crippen molar-refractivity contribution in [3.63, 3.8) is 0 Å². The van der Waals surface area contributed by atoms with E-state index < -0.39 is 0 Å². The number of rotatable bonds is 3. The van der Waals surface area contributed by atoms with E-state index in [1.807, 2.05) is 48.2 Å². The fraction of sp³-hybridized carbons (Fsp3) is 0.367. The van der Waals surface area contributed by atoms with Crippen molar-refractivity contribution in [1.29, 1.82) is 0 Å². The maximum Gasteiger partial charge on any atom is 0.254 e. The average molecular weight is 541 g/mol. The van der Waals surface area contributed by atoms with Crippen molar-refractivity contribution in [2.75, 3.05) is 20.8 Å². The Morgan fingerprint density at radius 2 is 1.57 bits per heavy atom. The second-order valence-electron chi connectivity index (χ2n) is 8.70. The highest BCUT2D eigenvalue weighted by Gasteiger charge is 2.31. The number of ether oxygens (including phenoxy) is 2. The first-order valence-electron chi connectivity index (χ1n) is 12.1. The molecule has 0 radical (unpaired) electrons. The Labute approximate surface area is 219 Å². The number of nitrogens with zero attached hydrogens (tertiary/aromatic N) is 1. The number of carbonyl (C=O) groups is 1. The molecule has 3 aromatic rings. The van der Waals surface area contributed by atoms with Gasteiger partial charge in [0.2, 0.25) is 0 Å². The van der Waals surface area contributed by atoms with Crippen LogP contribution in [0.3, 0.4) is 0 Å². The van der Waals surface area contributed by atoms with Crippen LogP contribution in [0.25, 0.3) is 0 Å². The lowest BCUT2D eigenvalue weighted by molar-refractivity contribution is 0.0675. The first kappa shape index (κ1) is 28.4. The zero-order valence-electron chi connectivity index (χ0n) is 22.0. The van der Waals surface area contributed by atoms with Crippen LogP contribution in [-0.2, 0) is 6.42 Å². The molecule has 1 aliphatic rings. The fourth-order valence-corrected chi connectivity index (χ4v) is 4.32. The van der Waals surface area contributed by atoms with E-state index >= 15 is 0 Å². The summed E-state index contributed by atoms with van der Waals surface area (Å²) in [4.78, 5) is 14.8. The lowest BCUT2D eigenvalue weighted by Gasteiger charge is -2.36. The van der Waals surface area contributed by atoms with Crippen LogP contribution in [0, 0.1) is 13.8 Å². The van der Waals surface area contributed by atoms with Gasteiger partial charge in [0.25, 0.3) is 5.91 Å². The van der Waals surface area contributed by atoms with Gasteiger partial charge < -0.3 is 14.4 Å². The molecule has 0 saturated heterocycles. The van der Waals surface area contributed by atoms with Crippen LogP contribution in [-0.4, -0.2) is 31.6 Å². The smallest absolute Gasteiger partial charge is 0.254 e. The van der Waals surface area contributed by atoms with Crippen molar-refractivity contribution in [3.05, 3.63) is 93.0 Å². The van der Waals surface area contributed by atoms with Gasteiger partial charge in [0.15, 0.2) is 0 Å². The van der Waals surface area contributed by atoms with Gasteiger partial charge in [-0.3, -0.25) is 4.79 Å². The Bertz CT molecular complexity index is 1060. The topological polar surface area (TPSA) is 38.8 Å². The second-order valence-corrected chi connectivity index (χ2v) is 9.61. The summed E-state index contributed by atoms with van der Waals surface area (Å²) in [6, 6.07) is 19.8. The second kappa shape index (κ2) is 13.9. The summed E-state index contributed by atoms with van der Waals surface area (Å²) in [6.45, 7) is 11.2. The van der Waals surface area contributed by atoms with Gasteiger partial charge >= 0.3 is 0 Å². The molecule has 188 valence electrons. The molecule has 0 aromatic heterocycles. The molecule has 4 rings (SSSR count). The maximum atomic E-state index is 12.9. The first-order chi connectivity index (χ1) is 16.7. The molecule has 1 amide bonds. The molecule has 1 aliphatic heterocycles. The highest BCUT2D eigenvalue weighted by atomic mass is 79.9. The van der Waals surface area contributed by atoms with Gasteiger partial charge in [-0.15, -0.1) is 0 Å². The van der Waals surface area contributed by atoms with Crippen molar-refractivity contribution >= 4 is 21.8 Å². The number of amides is 1. The van der Waals surface area contributed by atoms with Gasteiger partial charge in [0.05, 0.1) is 20.3 Å². The zero-order valence-corrected chi connectivity index (χ0v) is 23.6. The Morgan fingerprint density at radius 3 is 2.09 bits per heavy atom. The maximum absolute atomic E-state index is 12.9. The summed E-state index contributed by atoms with van der Waals surface area (Å²) in [7, 11) is 3.30. The van der Waals surface area contributed by atoms with Crippen LogP contribution >= 0.6 is 15.9 Å². The minimum atomic E-state index is -0.0545. The number of carbonyl (C=O) groups excluding carboxylic acids is 1. The van der Waals surface area contributed by atoms with Gasteiger partial charge in [-0.1, -0.05) is 77.7 Å². The number of fused-ring (bicyclic) bond motifs is 1. The van der Waals surface area contributed by atoms with Crippen LogP contribution < -0.4 is 9.47 Å². The van der Waals surface area contributed by atoms with Gasteiger partial charge in [-0.25, -0.2) is 0 Å². The Morgan fingerprint density at radius 1 is 0.971 bits per heavy atom. The number of methoxy groups -OCH3 is 2. The van der Waals surface area contributed by atoms with Crippen LogP contribution in [0.15, 0.2) is 65.1 Å². The normalized spacial score (nSPS) is 13.9. The van der Waals surface area contributed by atoms with Crippen molar-refractivity contribution in [2.24, 2.45) is 0 Å². The Kier molecular flexibility index (Phi) is 11.3. The lowest BCUT2D eigenvalue weighted by atomic mass is 9.91. The quantitative estimate of drug-likeness (QED) is 0.339. The van der Waals surface area contributed by atoms with Crippen molar-refractivity contribution in [1.82, 2.24) is 4.90 Å². The largest absolute Gasteiger partial charge is 0.497 e. The van der Waals surface area contributed by atoms with Crippen LogP contribution in [0.1, 0.15) is 65.8 Å². The Hall–Kier alpha value is -2.79. The van der Waals surface area contributed by atoms with Gasteiger partial charge in [-0.2, -0.15) is 0 Å². The summed E-state index contributed by atoms with van der Waals surface area (Å²) >= 11 is 3.43. The minimum Gasteiger partial charge on any atom is -0.497 e. The predicted octanol–water partition coefficient (Wildman–Crippen LogP) is 7.95. The number of benzene rings is 3. The molecule has 1 heterocycles. The first-order valence-corrected chi connectivity index (χ1v) is 12.9. The molecule has 3 aromatic carbocycles. The standard InChI is InChI=1S/C19H20BrNO3.C8H10.C3H8/c1-12-18-13(10-16(23-2)11-17(18)24-3)7-8-21(12)19(22)14-5-4-6-15(20)9-14;1-7-3-5-8(2)6-4-7;1-3-2/h4-6,9-12H,7-8H2,1-3H3;3-6H,1-2H3;3H2,1-2H3. The molecule has 0 bridgehead atoms. The van der Waals surface area contributed by atoms with Crippen LogP contribution in [0.2, 0.25) is 0 Å². The summed E-state index contributed by atoms with van der Waals surface area (Å²) in [5, 5.41) is 0. The molecule has 0 N–H and O–H groups in total. The van der Waals surface area contributed by atoms with E-state index in [0.29, 0.717) is 12.1 Å². The highest BCUT2D eigenvalue weighted by Crippen LogP contribution is 2.39. The van der Waals surface area contributed by atoms with E-state index in [1.165, 1.54) is 23.1 Å². The molecule has 0 spiro atoms. The molecule has 1 unspecified atom stereocenters. The third-order valence-electron chi connectivity index (χ3n) is 5.71. The van der Waals surface area contributed by atoms with Crippen molar-refractivity contribution in [2.45, 2.75) is 53.5 Å². The van der Waals surface area contributed by atoms with Gasteiger partial charge in [-0.05, 0) is 57.0 Å². The van der Waals surface area contributed by atoms with E-state index in [-0.39, 0.29) is 11.9 Å². The van der Waals surface area contributed by atoms with E-state index in [1.54, 1.807) is 14.2 Å². The molecule has 0 aliphatic carbocycles. The fourth-order valence-electron chi connectivity index (χ4n) is 3.92. The minimum absolute atomic E-state index is 0.0346. The lowest BCUT2D eigenvalue weighted by Crippen LogP contribution is -2.39. The SMILES string of the molecule is CCC.COc1cc2c(c(OC)c1)C(C)N(C(=O)c1cccc(Br)c1)CC2.Cc1ccc(C)cc1. The zero-order chi connectivity index (χ0) is 26.0. The highest BCUT2D eigenvalue weighted by molar-refractivity contribution is 9.10. The molecule has 35 heavy (non-hydrogen) atoms. The molecular formula is C30H38BrNO3. The molecule has 5 heteroatoms. The van der Waals surface area contributed by atoms with E-state index in [2.05, 4.69) is 67.9 Å². The van der Waals surface area contributed by atoms with Crippen LogP contribution in [0.4, 0.5) is 0 Å². The molecule has 0 saturated carbocycles. The number of hydrogen-bond donors (Lipinski definition) is 0. The van der Waals surface area contributed by atoms with E-state index in [4.69, 9.17) is 9.47 Å². The summed E-state index contributed by atoms with van der Waals surface area (Å²) < 4.78 is 11.8. The molecule has 0 fully saturated rings. The molecule has 4 nitrogen and oxygen atoms in total. The number of aryl methyl sites for hydroxylation is 2. The molecule has 1 atom stereocenters. The van der Waals surface area contributed by atoms with Crippen LogP contribution in [0.5, 0.6) is 11.5 Å². The van der Waals surface area contributed by atoms with E-state index in [0.717, 1.165) is 28.0 Å². The summed E-state index contributed by atoms with van der Waals surface area (Å²) in [5.74, 6) is 1.58. The monoisotopic (exact) mass is 539 g/mol. The molecular weight excluding hydrogens is 502 g/mol. The van der Waals surface area contributed by atoms with Crippen molar-refractivity contribution in [3.8, 4) is 11.5 Å². The third-order valence-corrected chi connectivity index (χ3v) is 6.21. The third kappa shape index (κ3) is 7.86. The summed E-state index contributed by atoms with van der Waals surface area (Å²) in [5.41, 5.74) is 5.59. The predicted molar refractivity (Wildman–Crippen MR) is 149 cm³/mol.